The van der Waals surface area contributed by atoms with Crippen molar-refractivity contribution in [1.29, 1.82) is 0 Å². The second kappa shape index (κ2) is 2.55. The van der Waals surface area contributed by atoms with E-state index in [0.29, 0.717) is 5.75 Å². The highest BCUT2D eigenvalue weighted by Gasteiger charge is 2.31. The monoisotopic (exact) mass is 177 g/mol. The average Bonchev–Trinajstić information content (AvgIpc) is 2.32. The van der Waals surface area contributed by atoms with Crippen LogP contribution in [0.5, 0.6) is 5.75 Å². The topological polar surface area (TPSA) is 39.2 Å². The highest BCUT2D eigenvalue weighted by atomic mass is 16.5. The van der Waals surface area contributed by atoms with Gasteiger partial charge in [0.15, 0.2) is 5.75 Å². The lowest BCUT2D eigenvalue weighted by molar-refractivity contribution is -0.133. The smallest absolute Gasteiger partial charge is 0.320 e. The molecule has 3 heteroatoms. The van der Waals surface area contributed by atoms with Gasteiger partial charge >= 0.3 is 5.97 Å². The molecule has 0 fully saturated rings. The van der Waals surface area contributed by atoms with E-state index < -0.39 is 0 Å². The molecule has 2 rings (SSSR count). The molecule has 0 bridgehead atoms. The number of nitrogens with zero attached hydrogens (tertiary/aromatic N) is 1. The van der Waals surface area contributed by atoms with Gasteiger partial charge in [0, 0.05) is 5.69 Å². The minimum Gasteiger partial charge on any atom is -0.424 e. The molecule has 1 aliphatic heterocycles. The van der Waals surface area contributed by atoms with Gasteiger partial charge in [-0.15, -0.1) is 0 Å². The van der Waals surface area contributed by atoms with Crippen LogP contribution in [-0.4, -0.2) is 11.0 Å². The first kappa shape index (κ1) is 8.23. The molecule has 0 saturated carbocycles. The largest absolute Gasteiger partial charge is 0.424 e. The molecule has 3 nitrogen and oxygen atoms in total. The molecule has 1 aromatic rings. The van der Waals surface area contributed by atoms with Crippen LogP contribution in [0, 0.1) is 13.8 Å². The van der Waals surface area contributed by atoms with Crippen LogP contribution in [-0.2, 0) is 4.79 Å². The lowest BCUT2D eigenvalue weighted by Gasteiger charge is -2.02. The Bertz CT molecular complexity index is 385. The number of carbonyl (C=O) groups excluding carboxylic acids is 1. The fourth-order valence-electron chi connectivity index (χ4n) is 1.40. The van der Waals surface area contributed by atoms with Crippen molar-refractivity contribution in [2.24, 2.45) is 0 Å². The summed E-state index contributed by atoms with van der Waals surface area (Å²) in [7, 11) is 0. The molecule has 68 valence electrons. The molecular formula is C10H11NO2. The van der Waals surface area contributed by atoms with Crippen LogP contribution >= 0.6 is 0 Å². The molecule has 0 radical (unpaired) electrons. The van der Waals surface area contributed by atoms with Gasteiger partial charge in [-0.1, -0.05) is 0 Å². The van der Waals surface area contributed by atoms with Crippen molar-refractivity contribution < 1.29 is 9.53 Å². The van der Waals surface area contributed by atoms with E-state index in [1.165, 1.54) is 0 Å². The van der Waals surface area contributed by atoms with Crippen LogP contribution < -0.4 is 4.74 Å². The number of carbonyl (C=O) groups is 1. The molecule has 13 heavy (non-hydrogen) atoms. The van der Waals surface area contributed by atoms with E-state index in [-0.39, 0.29) is 11.9 Å². The molecule has 0 N–H and O–H groups in total. The van der Waals surface area contributed by atoms with Crippen LogP contribution in [0.15, 0.2) is 6.07 Å². The number of fused-ring (bicyclic) bond motifs is 1. The molecule has 1 unspecified atom stereocenters. The number of aromatic nitrogens is 1. The van der Waals surface area contributed by atoms with Gasteiger partial charge in [0.2, 0.25) is 0 Å². The van der Waals surface area contributed by atoms with E-state index in [9.17, 15) is 4.79 Å². The van der Waals surface area contributed by atoms with Gasteiger partial charge in [-0.25, -0.2) is 0 Å². The van der Waals surface area contributed by atoms with Gasteiger partial charge in [0.1, 0.15) is 5.92 Å². The molecule has 1 atom stereocenters. The van der Waals surface area contributed by atoms with Gasteiger partial charge in [0.25, 0.3) is 0 Å². The van der Waals surface area contributed by atoms with E-state index in [1.54, 1.807) is 0 Å². The first-order valence-electron chi connectivity index (χ1n) is 4.29. The zero-order valence-corrected chi connectivity index (χ0v) is 7.92. The first-order valence-corrected chi connectivity index (χ1v) is 4.29. The number of rotatable bonds is 0. The van der Waals surface area contributed by atoms with Crippen molar-refractivity contribution in [3.8, 4) is 5.75 Å². The van der Waals surface area contributed by atoms with Gasteiger partial charge in [0.05, 0.1) is 5.69 Å². The van der Waals surface area contributed by atoms with Crippen molar-refractivity contribution in [2.75, 3.05) is 0 Å². The zero-order valence-electron chi connectivity index (χ0n) is 7.92. The van der Waals surface area contributed by atoms with E-state index in [1.807, 2.05) is 26.8 Å². The van der Waals surface area contributed by atoms with Crippen LogP contribution in [0.25, 0.3) is 0 Å². The maximum Gasteiger partial charge on any atom is 0.320 e. The Hall–Kier alpha value is -1.38. The summed E-state index contributed by atoms with van der Waals surface area (Å²) in [5, 5.41) is 0. The molecule has 0 saturated heterocycles. The van der Waals surface area contributed by atoms with Gasteiger partial charge < -0.3 is 4.74 Å². The highest BCUT2D eigenvalue weighted by Crippen LogP contribution is 2.33. The summed E-state index contributed by atoms with van der Waals surface area (Å²) in [6.07, 6.45) is 0. The third-order valence-electron chi connectivity index (χ3n) is 2.43. The van der Waals surface area contributed by atoms with Gasteiger partial charge in [-0.3, -0.25) is 9.78 Å². The Kier molecular flexibility index (Phi) is 1.62. The molecule has 0 aliphatic carbocycles. The Morgan fingerprint density at radius 1 is 1.46 bits per heavy atom. The van der Waals surface area contributed by atoms with E-state index in [0.717, 1.165) is 17.0 Å². The minimum absolute atomic E-state index is 0.201. The van der Waals surface area contributed by atoms with Crippen LogP contribution in [0.3, 0.4) is 0 Å². The Morgan fingerprint density at radius 3 is 2.85 bits per heavy atom. The second-order valence-corrected chi connectivity index (χ2v) is 3.42. The number of hydrogen-bond donors (Lipinski definition) is 0. The van der Waals surface area contributed by atoms with Crippen LogP contribution in [0.2, 0.25) is 0 Å². The Labute approximate surface area is 76.7 Å². The SMILES string of the molecule is Cc1cc2c(nc1C)C(C)C(=O)O2. The molecule has 1 aliphatic rings. The van der Waals surface area contributed by atoms with Crippen LogP contribution in [0.4, 0.5) is 0 Å². The predicted molar refractivity (Wildman–Crippen MR) is 47.8 cm³/mol. The summed E-state index contributed by atoms with van der Waals surface area (Å²) in [4.78, 5) is 15.5. The second-order valence-electron chi connectivity index (χ2n) is 3.42. The number of ether oxygens (including phenoxy) is 1. The van der Waals surface area contributed by atoms with E-state index in [4.69, 9.17) is 4.74 Å². The predicted octanol–water partition coefficient (Wildman–Crippen LogP) is 1.72. The quantitative estimate of drug-likeness (QED) is 0.566. The average molecular weight is 177 g/mol. The van der Waals surface area contributed by atoms with E-state index in [2.05, 4.69) is 4.98 Å². The highest BCUT2D eigenvalue weighted by molar-refractivity contribution is 5.84. The summed E-state index contributed by atoms with van der Waals surface area (Å²) < 4.78 is 5.05. The van der Waals surface area contributed by atoms with Crippen molar-refractivity contribution in [3.63, 3.8) is 0 Å². The maximum absolute atomic E-state index is 11.2. The maximum atomic E-state index is 11.2. The third-order valence-corrected chi connectivity index (χ3v) is 2.43. The zero-order chi connectivity index (χ0) is 9.59. The van der Waals surface area contributed by atoms with E-state index >= 15 is 0 Å². The van der Waals surface area contributed by atoms with Gasteiger partial charge in [-0.2, -0.15) is 0 Å². The summed E-state index contributed by atoms with van der Waals surface area (Å²) in [6.45, 7) is 5.71. The Morgan fingerprint density at radius 2 is 2.15 bits per heavy atom. The number of hydrogen-bond acceptors (Lipinski definition) is 3. The third kappa shape index (κ3) is 1.11. The summed E-state index contributed by atoms with van der Waals surface area (Å²) in [5.41, 5.74) is 2.79. The van der Waals surface area contributed by atoms with Crippen molar-refractivity contribution >= 4 is 5.97 Å². The number of pyridine rings is 1. The van der Waals surface area contributed by atoms with Crippen molar-refractivity contribution in [1.82, 2.24) is 4.98 Å². The molecule has 0 aromatic carbocycles. The molecule has 1 aromatic heterocycles. The first-order chi connectivity index (χ1) is 6.09. The molecule has 2 heterocycles. The normalized spacial score (nSPS) is 19.9. The van der Waals surface area contributed by atoms with Crippen molar-refractivity contribution in [3.05, 3.63) is 23.0 Å². The Balaban J connectivity index is 2.59. The van der Waals surface area contributed by atoms with Crippen molar-refractivity contribution in [2.45, 2.75) is 26.7 Å². The standard InChI is InChI=1S/C10H11NO2/c1-5-4-8-9(11-7(5)3)6(2)10(12)13-8/h4,6H,1-3H3. The summed E-state index contributed by atoms with van der Waals surface area (Å²) >= 11 is 0. The fraction of sp³-hybridized carbons (Fsp3) is 0.400. The van der Waals surface area contributed by atoms with Crippen LogP contribution in [0.1, 0.15) is 29.8 Å². The lowest BCUT2D eigenvalue weighted by Crippen LogP contribution is -2.06. The number of esters is 1. The fourth-order valence-corrected chi connectivity index (χ4v) is 1.40. The number of aryl methyl sites for hydroxylation is 2. The summed E-state index contributed by atoms with van der Waals surface area (Å²) in [5.74, 6) is 0.211. The van der Waals surface area contributed by atoms with Gasteiger partial charge in [-0.05, 0) is 32.4 Å². The minimum atomic E-state index is -0.214. The summed E-state index contributed by atoms with van der Waals surface area (Å²) in [6, 6.07) is 1.87. The molecule has 0 amide bonds. The molecule has 0 spiro atoms. The lowest BCUT2D eigenvalue weighted by atomic mass is 10.1. The molecular weight excluding hydrogens is 166 g/mol.